The number of ether oxygens (including phenoxy) is 1. The van der Waals surface area contributed by atoms with Gasteiger partial charge in [-0.15, -0.1) is 0 Å². The van der Waals surface area contributed by atoms with Gasteiger partial charge in [-0.2, -0.15) is 0 Å². The first kappa shape index (κ1) is 27.1. The molecule has 0 aromatic carbocycles. The summed E-state index contributed by atoms with van der Waals surface area (Å²) in [5, 5.41) is 46.1. The van der Waals surface area contributed by atoms with E-state index in [4.69, 9.17) is 4.74 Å². The number of carbonyl (C=O) groups is 1. The molecule has 1 heterocycles. The van der Waals surface area contributed by atoms with E-state index >= 15 is 0 Å². The van der Waals surface area contributed by atoms with Gasteiger partial charge in [-0.1, -0.05) is 34.6 Å². The molecule has 5 aliphatic rings. The monoisotopic (exact) mass is 506 g/mol. The van der Waals surface area contributed by atoms with Gasteiger partial charge >= 0.3 is 0 Å². The Morgan fingerprint density at radius 2 is 1.44 bits per heavy atom. The van der Waals surface area contributed by atoms with Crippen molar-refractivity contribution >= 4 is 5.78 Å². The standard InChI is InChI=1S/C30H50O6/c1-17(2)30(35)15-14-26(5)16-29(34,13-10-18(26)30)20-9-8-19-27(20,6)12-11-21-28(19,7)24(33)22(31)23(32)25(3,4)36-21/h17-21,23-24,32-35H,8-16H2,1-7H3/t18-,19+,20-,21+,23+,24+,26+,27-,28+,29-,30+/m0/s1. The third kappa shape index (κ3) is 3.36. The van der Waals surface area contributed by atoms with Gasteiger partial charge in [-0.3, -0.25) is 4.79 Å². The highest BCUT2D eigenvalue weighted by atomic mass is 16.5. The maximum absolute atomic E-state index is 13.2. The van der Waals surface area contributed by atoms with Crippen LogP contribution < -0.4 is 0 Å². The zero-order valence-corrected chi connectivity index (χ0v) is 23.5. The predicted molar refractivity (Wildman–Crippen MR) is 137 cm³/mol. The predicted octanol–water partition coefficient (Wildman–Crippen LogP) is 4.01. The van der Waals surface area contributed by atoms with Gasteiger partial charge < -0.3 is 25.2 Å². The van der Waals surface area contributed by atoms with Gasteiger partial charge in [0, 0.05) is 5.41 Å². The Bertz CT molecular complexity index is 917. The molecule has 0 bridgehead atoms. The molecular weight excluding hydrogens is 456 g/mol. The number of rotatable bonds is 2. The lowest BCUT2D eigenvalue weighted by Gasteiger charge is -2.59. The Morgan fingerprint density at radius 3 is 2.08 bits per heavy atom. The fourth-order valence-electron chi connectivity index (χ4n) is 10.7. The number of hydrogen-bond donors (Lipinski definition) is 4. The van der Waals surface area contributed by atoms with Crippen molar-refractivity contribution in [1.82, 2.24) is 0 Å². The normalized spacial score (nSPS) is 56.7. The molecule has 206 valence electrons. The fourth-order valence-corrected chi connectivity index (χ4v) is 10.7. The van der Waals surface area contributed by atoms with Crippen molar-refractivity contribution in [3.8, 4) is 0 Å². The molecule has 4 N–H and O–H groups in total. The highest BCUT2D eigenvalue weighted by Crippen LogP contribution is 2.70. The summed E-state index contributed by atoms with van der Waals surface area (Å²) < 4.78 is 6.41. The van der Waals surface area contributed by atoms with Crippen LogP contribution in [-0.4, -0.2) is 61.3 Å². The van der Waals surface area contributed by atoms with Crippen molar-refractivity contribution in [2.75, 3.05) is 0 Å². The first-order valence-electron chi connectivity index (χ1n) is 14.5. The lowest BCUT2D eigenvalue weighted by molar-refractivity contribution is -0.218. The minimum atomic E-state index is -1.36. The maximum atomic E-state index is 13.2. The third-order valence-electron chi connectivity index (χ3n) is 12.7. The van der Waals surface area contributed by atoms with Gasteiger partial charge in [0.2, 0.25) is 0 Å². The van der Waals surface area contributed by atoms with Crippen molar-refractivity contribution in [2.24, 2.45) is 39.9 Å². The molecule has 0 spiro atoms. The van der Waals surface area contributed by atoms with Crippen molar-refractivity contribution < 1.29 is 30.0 Å². The van der Waals surface area contributed by atoms with E-state index in [-0.39, 0.29) is 40.6 Å². The number of aliphatic hydroxyl groups excluding tert-OH is 2. The molecule has 6 nitrogen and oxygen atoms in total. The number of fused-ring (bicyclic) bond motifs is 4. The number of Topliss-reactive ketones (excluding diaryl/α,β-unsaturated/α-hetero) is 1. The van der Waals surface area contributed by atoms with Crippen molar-refractivity contribution in [3.05, 3.63) is 0 Å². The van der Waals surface area contributed by atoms with Crippen LogP contribution in [0.25, 0.3) is 0 Å². The first-order valence-corrected chi connectivity index (χ1v) is 14.5. The van der Waals surface area contributed by atoms with Gasteiger partial charge in [-0.05, 0) is 106 Å². The van der Waals surface area contributed by atoms with Gasteiger partial charge in [0.05, 0.1) is 22.9 Å². The van der Waals surface area contributed by atoms with E-state index in [1.807, 2.05) is 6.92 Å². The summed E-state index contributed by atoms with van der Waals surface area (Å²) in [6, 6.07) is 0. The van der Waals surface area contributed by atoms with Crippen molar-refractivity contribution in [3.63, 3.8) is 0 Å². The van der Waals surface area contributed by atoms with Crippen molar-refractivity contribution in [1.29, 1.82) is 0 Å². The van der Waals surface area contributed by atoms with Crippen LogP contribution in [0.3, 0.4) is 0 Å². The number of aliphatic hydroxyl groups is 4. The van der Waals surface area contributed by atoms with Crippen LogP contribution >= 0.6 is 0 Å². The Balaban J connectivity index is 1.46. The van der Waals surface area contributed by atoms with E-state index in [0.717, 1.165) is 38.5 Å². The largest absolute Gasteiger partial charge is 0.390 e. The molecule has 0 aromatic rings. The summed E-state index contributed by atoms with van der Waals surface area (Å²) in [5.41, 5.74) is -3.65. The number of carbonyl (C=O) groups excluding carboxylic acids is 1. The molecule has 0 unspecified atom stereocenters. The molecule has 0 aromatic heterocycles. The smallest absolute Gasteiger partial charge is 0.193 e. The fraction of sp³-hybridized carbons (Fsp3) is 0.967. The zero-order valence-electron chi connectivity index (χ0n) is 23.5. The zero-order chi connectivity index (χ0) is 26.7. The van der Waals surface area contributed by atoms with Gasteiger partial charge in [0.1, 0.15) is 12.2 Å². The highest BCUT2D eigenvalue weighted by molar-refractivity contribution is 5.89. The molecule has 1 saturated heterocycles. The maximum Gasteiger partial charge on any atom is 0.193 e. The summed E-state index contributed by atoms with van der Waals surface area (Å²) in [6.45, 7) is 14.2. The molecule has 4 saturated carbocycles. The number of ketones is 1. The van der Waals surface area contributed by atoms with E-state index in [2.05, 4.69) is 27.7 Å². The average molecular weight is 507 g/mol. The van der Waals surface area contributed by atoms with Gasteiger partial charge in [0.25, 0.3) is 0 Å². The molecule has 36 heavy (non-hydrogen) atoms. The van der Waals surface area contributed by atoms with Gasteiger partial charge in [0.15, 0.2) is 5.78 Å². The third-order valence-corrected chi connectivity index (χ3v) is 12.7. The SMILES string of the molecule is CC(C)[C@]1(O)CC[C@]2(C)C[C@](O)([C@H]3CC[C@@H]4[C@]3(C)CC[C@H]3OC(C)(C)[C@H](O)C(=O)[C@@H](O)[C@]43C)CC[C@@H]21. The van der Waals surface area contributed by atoms with Gasteiger partial charge in [-0.25, -0.2) is 0 Å². The second-order valence-electron chi connectivity index (χ2n) is 15.2. The molecule has 1 aliphatic heterocycles. The second-order valence-corrected chi connectivity index (χ2v) is 15.2. The van der Waals surface area contributed by atoms with E-state index in [9.17, 15) is 25.2 Å². The summed E-state index contributed by atoms with van der Waals surface area (Å²) >= 11 is 0. The lowest BCUT2D eigenvalue weighted by atomic mass is 9.48. The van der Waals surface area contributed by atoms with E-state index in [1.54, 1.807) is 13.8 Å². The lowest BCUT2D eigenvalue weighted by Crippen LogP contribution is -2.61. The molecule has 0 radical (unpaired) electrons. The van der Waals surface area contributed by atoms with E-state index in [1.165, 1.54) is 0 Å². The molecule has 4 aliphatic carbocycles. The Hall–Kier alpha value is -0.530. The molecule has 0 amide bonds. The van der Waals surface area contributed by atoms with Crippen LogP contribution in [-0.2, 0) is 9.53 Å². The molecule has 5 fully saturated rings. The van der Waals surface area contributed by atoms with E-state index in [0.29, 0.717) is 19.3 Å². The molecular formula is C30H50O6. The topological polar surface area (TPSA) is 107 Å². The Labute approximate surface area is 217 Å². The minimum absolute atomic E-state index is 0.0135. The Morgan fingerprint density at radius 1 is 0.806 bits per heavy atom. The molecule has 11 atom stereocenters. The molecule has 5 rings (SSSR count). The van der Waals surface area contributed by atoms with Crippen LogP contribution in [0.5, 0.6) is 0 Å². The van der Waals surface area contributed by atoms with Crippen LogP contribution in [0.15, 0.2) is 0 Å². The van der Waals surface area contributed by atoms with E-state index < -0.39 is 40.2 Å². The summed E-state index contributed by atoms with van der Waals surface area (Å²) in [4.78, 5) is 13.2. The molecule has 6 heteroatoms. The average Bonchev–Trinajstić information content (AvgIpc) is 3.28. The summed E-state index contributed by atoms with van der Waals surface area (Å²) in [6.07, 6.45) is 4.27. The first-order chi connectivity index (χ1) is 16.5. The summed E-state index contributed by atoms with van der Waals surface area (Å²) in [5.74, 6) is -0.0420. The number of hydrogen-bond acceptors (Lipinski definition) is 6. The minimum Gasteiger partial charge on any atom is -0.390 e. The van der Waals surface area contributed by atoms with Crippen LogP contribution in [0.4, 0.5) is 0 Å². The van der Waals surface area contributed by atoms with Crippen LogP contribution in [0.2, 0.25) is 0 Å². The Kier molecular flexibility index (Phi) is 6.01. The van der Waals surface area contributed by atoms with Crippen LogP contribution in [0.1, 0.15) is 106 Å². The quantitative estimate of drug-likeness (QED) is 0.451. The summed E-state index contributed by atoms with van der Waals surface area (Å²) in [7, 11) is 0. The second kappa shape index (κ2) is 8.00. The van der Waals surface area contributed by atoms with Crippen LogP contribution in [0, 0.1) is 39.9 Å². The van der Waals surface area contributed by atoms with Crippen molar-refractivity contribution in [2.45, 2.75) is 141 Å². The highest BCUT2D eigenvalue weighted by Gasteiger charge is 2.70.